The second kappa shape index (κ2) is 10.6. The maximum Gasteiger partial charge on any atom is 0.235 e. The van der Waals surface area contributed by atoms with Gasteiger partial charge < -0.3 is 8.97 Å². The molecule has 0 amide bonds. The molecule has 0 fully saturated rings. The Hall–Kier alpha value is -7.50. The van der Waals surface area contributed by atoms with E-state index in [-0.39, 0.29) is 0 Å². The molecule has 13 rings (SSSR count). The van der Waals surface area contributed by atoms with Crippen LogP contribution in [0.15, 0.2) is 176 Å². The maximum absolute atomic E-state index is 5.66. The summed E-state index contributed by atoms with van der Waals surface area (Å²) < 4.78 is 7.15. The Balaban J connectivity index is 1.20. The number of aromatic nitrogens is 5. The minimum Gasteiger partial charge on any atom is -0.309 e. The predicted octanol–water partition coefficient (Wildman–Crippen LogP) is 12.6. The summed E-state index contributed by atoms with van der Waals surface area (Å²) in [5, 5.41) is 10.7. The lowest BCUT2D eigenvalue weighted by Gasteiger charge is -2.13. The normalized spacial score (nSPS) is 12.4. The first-order valence-electron chi connectivity index (χ1n) is 18.8. The second-order valence-electron chi connectivity index (χ2n) is 14.5. The standard InChI is InChI=1S/C50H29N5/c1-2-15-30(16-3-1)53-42-26-12-7-20-34(42)45-36(22-14-28-44(45)53)47-33-19-4-9-23-39(33)51-50(52-47)55-41-25-11-6-18-32(41)38-29-37-31-17-5-10-24-40(31)54-43-27-13-8-21-35(43)46(48(37)54)49(38)55/h1-29H. The summed E-state index contributed by atoms with van der Waals surface area (Å²) in [6.07, 6.45) is 0. The monoisotopic (exact) mass is 699 g/mol. The fourth-order valence-corrected chi connectivity index (χ4v) is 9.61. The van der Waals surface area contributed by atoms with Crippen molar-refractivity contribution in [3.8, 4) is 22.9 Å². The van der Waals surface area contributed by atoms with E-state index in [4.69, 9.17) is 9.97 Å². The Kier molecular flexibility index (Phi) is 5.57. The van der Waals surface area contributed by atoms with Gasteiger partial charge in [-0.3, -0.25) is 4.57 Å². The second-order valence-corrected chi connectivity index (χ2v) is 14.5. The first-order valence-corrected chi connectivity index (χ1v) is 18.8. The zero-order valence-electron chi connectivity index (χ0n) is 29.5. The molecule has 0 aliphatic heterocycles. The summed E-state index contributed by atoms with van der Waals surface area (Å²) in [6, 6.07) is 63.2. The highest BCUT2D eigenvalue weighted by molar-refractivity contribution is 6.34. The highest BCUT2D eigenvalue weighted by Crippen LogP contribution is 2.47. The largest absolute Gasteiger partial charge is 0.309 e. The summed E-state index contributed by atoms with van der Waals surface area (Å²) >= 11 is 0. The summed E-state index contributed by atoms with van der Waals surface area (Å²) in [5.41, 5.74) is 12.2. The first-order chi connectivity index (χ1) is 27.3. The molecule has 8 aromatic carbocycles. The van der Waals surface area contributed by atoms with Crippen LogP contribution in [0.3, 0.4) is 0 Å². The number of rotatable bonds is 3. The van der Waals surface area contributed by atoms with Crippen molar-refractivity contribution < 1.29 is 0 Å². The van der Waals surface area contributed by atoms with Crippen molar-refractivity contribution in [2.75, 3.05) is 0 Å². The molecule has 55 heavy (non-hydrogen) atoms. The summed E-state index contributed by atoms with van der Waals surface area (Å²) in [6.45, 7) is 0. The van der Waals surface area contributed by atoms with E-state index in [0.717, 1.165) is 44.4 Å². The van der Waals surface area contributed by atoms with Gasteiger partial charge in [-0.1, -0.05) is 121 Å². The van der Waals surface area contributed by atoms with Crippen LogP contribution in [-0.2, 0) is 0 Å². The molecule has 0 aliphatic rings. The van der Waals surface area contributed by atoms with Gasteiger partial charge in [0.2, 0.25) is 5.95 Å². The van der Waals surface area contributed by atoms with Gasteiger partial charge in [0.15, 0.2) is 0 Å². The quantitative estimate of drug-likeness (QED) is 0.184. The molecule has 254 valence electrons. The van der Waals surface area contributed by atoms with E-state index in [1.54, 1.807) is 0 Å². The van der Waals surface area contributed by atoms with Crippen molar-refractivity contribution in [3.05, 3.63) is 176 Å². The molecule has 0 saturated carbocycles. The highest BCUT2D eigenvalue weighted by atomic mass is 15.2. The fraction of sp³-hybridized carbons (Fsp3) is 0. The molecule has 0 atom stereocenters. The zero-order chi connectivity index (χ0) is 35.8. The highest BCUT2D eigenvalue weighted by Gasteiger charge is 2.26. The third kappa shape index (κ3) is 3.71. The molecular formula is C50H29N5. The lowest BCUT2D eigenvalue weighted by molar-refractivity contribution is 1.02. The minimum atomic E-state index is 0.659. The van der Waals surface area contributed by atoms with E-state index < -0.39 is 0 Å². The minimum absolute atomic E-state index is 0.659. The van der Waals surface area contributed by atoms with Crippen LogP contribution in [-0.4, -0.2) is 23.5 Å². The molecule has 0 spiro atoms. The Bertz CT molecular complexity index is 3720. The van der Waals surface area contributed by atoms with E-state index in [1.165, 1.54) is 65.2 Å². The maximum atomic E-state index is 5.66. The van der Waals surface area contributed by atoms with E-state index in [0.29, 0.717) is 5.95 Å². The van der Waals surface area contributed by atoms with Crippen molar-refractivity contribution in [2.45, 2.75) is 0 Å². The van der Waals surface area contributed by atoms with E-state index in [1.807, 2.05) is 0 Å². The van der Waals surface area contributed by atoms with Gasteiger partial charge in [0.25, 0.3) is 0 Å². The van der Waals surface area contributed by atoms with Crippen molar-refractivity contribution in [3.63, 3.8) is 0 Å². The number of hydrogen-bond donors (Lipinski definition) is 0. The molecule has 5 aromatic heterocycles. The Morgan fingerprint density at radius 2 is 0.891 bits per heavy atom. The topological polar surface area (TPSA) is 40.0 Å². The summed E-state index contributed by atoms with van der Waals surface area (Å²) in [7, 11) is 0. The molecule has 0 N–H and O–H groups in total. The van der Waals surface area contributed by atoms with Gasteiger partial charge in [-0.2, -0.15) is 0 Å². The molecule has 0 unspecified atom stereocenters. The molecule has 0 saturated heterocycles. The van der Waals surface area contributed by atoms with E-state index >= 15 is 0 Å². The molecule has 0 aliphatic carbocycles. The fourth-order valence-electron chi connectivity index (χ4n) is 9.61. The molecular weight excluding hydrogens is 671 g/mol. The number of hydrogen-bond acceptors (Lipinski definition) is 2. The third-order valence-corrected chi connectivity index (χ3v) is 11.8. The van der Waals surface area contributed by atoms with Crippen molar-refractivity contribution in [1.29, 1.82) is 0 Å². The van der Waals surface area contributed by atoms with Crippen LogP contribution in [0.1, 0.15) is 0 Å². The van der Waals surface area contributed by atoms with Gasteiger partial charge in [0, 0.05) is 59.7 Å². The lowest BCUT2D eigenvalue weighted by Crippen LogP contribution is -2.04. The van der Waals surface area contributed by atoms with Crippen molar-refractivity contribution >= 4 is 92.6 Å². The van der Waals surface area contributed by atoms with Crippen molar-refractivity contribution in [1.82, 2.24) is 23.5 Å². The number of fused-ring (bicyclic) bond motifs is 14. The average molecular weight is 700 g/mol. The smallest absolute Gasteiger partial charge is 0.235 e. The predicted molar refractivity (Wildman–Crippen MR) is 228 cm³/mol. The first kappa shape index (κ1) is 29.0. The van der Waals surface area contributed by atoms with E-state index in [9.17, 15) is 0 Å². The van der Waals surface area contributed by atoms with Crippen LogP contribution >= 0.6 is 0 Å². The Morgan fingerprint density at radius 1 is 0.345 bits per heavy atom. The summed E-state index contributed by atoms with van der Waals surface area (Å²) in [4.78, 5) is 11.1. The lowest BCUT2D eigenvalue weighted by atomic mass is 10.0. The van der Waals surface area contributed by atoms with Crippen LogP contribution in [0.2, 0.25) is 0 Å². The SMILES string of the molecule is c1ccc(-n2c3ccccc3c3c(-c4nc(-n5c6ccccc6c6cc7c8ccccc8n8c9ccccc9c(c65)c78)nc5ccccc45)cccc32)cc1. The van der Waals surface area contributed by atoms with Crippen LogP contribution in [0.5, 0.6) is 0 Å². The number of nitrogens with zero attached hydrogens (tertiary/aromatic N) is 5. The molecule has 5 heteroatoms. The zero-order valence-corrected chi connectivity index (χ0v) is 29.5. The average Bonchev–Trinajstić information content (AvgIpc) is 3.97. The van der Waals surface area contributed by atoms with Gasteiger partial charge in [-0.25, -0.2) is 9.97 Å². The van der Waals surface area contributed by atoms with Gasteiger partial charge in [0.05, 0.1) is 49.8 Å². The summed E-state index contributed by atoms with van der Waals surface area (Å²) in [5.74, 6) is 0.659. The molecule has 0 radical (unpaired) electrons. The van der Waals surface area contributed by atoms with Crippen molar-refractivity contribution in [2.24, 2.45) is 0 Å². The van der Waals surface area contributed by atoms with Gasteiger partial charge >= 0.3 is 0 Å². The van der Waals surface area contributed by atoms with Gasteiger partial charge in [0.1, 0.15) is 0 Å². The number of para-hydroxylation sites is 6. The molecule has 5 heterocycles. The Morgan fingerprint density at radius 3 is 1.65 bits per heavy atom. The van der Waals surface area contributed by atoms with Crippen LogP contribution in [0, 0.1) is 0 Å². The van der Waals surface area contributed by atoms with E-state index in [2.05, 4.69) is 189 Å². The van der Waals surface area contributed by atoms with Gasteiger partial charge in [-0.15, -0.1) is 0 Å². The molecule has 13 aromatic rings. The molecule has 0 bridgehead atoms. The van der Waals surface area contributed by atoms with Crippen LogP contribution in [0.25, 0.3) is 116 Å². The van der Waals surface area contributed by atoms with Crippen LogP contribution < -0.4 is 0 Å². The van der Waals surface area contributed by atoms with Crippen LogP contribution in [0.4, 0.5) is 0 Å². The third-order valence-electron chi connectivity index (χ3n) is 11.8. The Labute approximate surface area is 313 Å². The molecule has 5 nitrogen and oxygen atoms in total. The van der Waals surface area contributed by atoms with Gasteiger partial charge in [-0.05, 0) is 54.6 Å². The number of benzene rings is 8.